The normalized spacial score (nSPS) is 19.5. The Balaban J connectivity index is 1.98. The predicted molar refractivity (Wildman–Crippen MR) is 70.4 cm³/mol. The number of nitrogens with one attached hydrogen (secondary N) is 1. The minimum Gasteiger partial charge on any atom is -0.508 e. The minimum atomic E-state index is -1.09. The number of aliphatic carboxylic acids is 1. The SMILES string of the molecule is O=C(O)[C@H](Cc1ccc(O)cc1)NC(=O)[C@H]1CCCO1. The zero-order chi connectivity index (χ0) is 14.5. The molecule has 1 aliphatic rings. The van der Waals surface area contributed by atoms with Gasteiger partial charge in [0.15, 0.2) is 0 Å². The van der Waals surface area contributed by atoms with Crippen molar-refractivity contribution in [1.82, 2.24) is 5.32 Å². The number of carbonyl (C=O) groups is 2. The molecule has 1 amide bonds. The van der Waals surface area contributed by atoms with Crippen LogP contribution in [0.25, 0.3) is 0 Å². The number of carboxylic acids is 1. The number of ether oxygens (including phenoxy) is 1. The molecule has 0 aromatic heterocycles. The van der Waals surface area contributed by atoms with Gasteiger partial charge in [0, 0.05) is 13.0 Å². The summed E-state index contributed by atoms with van der Waals surface area (Å²) in [7, 11) is 0. The van der Waals surface area contributed by atoms with Gasteiger partial charge in [-0.2, -0.15) is 0 Å². The van der Waals surface area contributed by atoms with Gasteiger partial charge in [0.2, 0.25) is 5.91 Å². The molecule has 6 nitrogen and oxygen atoms in total. The van der Waals surface area contributed by atoms with E-state index in [1.807, 2.05) is 0 Å². The molecule has 1 fully saturated rings. The monoisotopic (exact) mass is 279 g/mol. The third kappa shape index (κ3) is 3.71. The van der Waals surface area contributed by atoms with E-state index in [1.165, 1.54) is 12.1 Å². The Labute approximate surface area is 116 Å². The van der Waals surface area contributed by atoms with Crippen molar-refractivity contribution in [2.45, 2.75) is 31.4 Å². The fourth-order valence-corrected chi connectivity index (χ4v) is 2.12. The Hall–Kier alpha value is -2.08. The van der Waals surface area contributed by atoms with E-state index in [9.17, 15) is 19.8 Å². The smallest absolute Gasteiger partial charge is 0.326 e. The quantitative estimate of drug-likeness (QED) is 0.736. The van der Waals surface area contributed by atoms with Crippen LogP contribution < -0.4 is 5.32 Å². The van der Waals surface area contributed by atoms with Crippen LogP contribution >= 0.6 is 0 Å². The van der Waals surface area contributed by atoms with E-state index in [0.29, 0.717) is 13.0 Å². The predicted octanol–water partition coefficient (Wildman–Crippen LogP) is 0.683. The molecule has 0 spiro atoms. The summed E-state index contributed by atoms with van der Waals surface area (Å²) >= 11 is 0. The van der Waals surface area contributed by atoms with Crippen molar-refractivity contribution in [3.8, 4) is 5.75 Å². The first-order valence-electron chi connectivity index (χ1n) is 6.49. The van der Waals surface area contributed by atoms with Gasteiger partial charge in [-0.25, -0.2) is 4.79 Å². The number of aromatic hydroxyl groups is 1. The highest BCUT2D eigenvalue weighted by Crippen LogP contribution is 2.14. The zero-order valence-corrected chi connectivity index (χ0v) is 10.9. The lowest BCUT2D eigenvalue weighted by atomic mass is 10.1. The van der Waals surface area contributed by atoms with Gasteiger partial charge in [0.1, 0.15) is 17.9 Å². The molecule has 0 unspecified atom stereocenters. The van der Waals surface area contributed by atoms with Crippen LogP contribution in [0.2, 0.25) is 0 Å². The van der Waals surface area contributed by atoms with Crippen LogP contribution in [0, 0.1) is 0 Å². The van der Waals surface area contributed by atoms with Crippen LogP contribution in [0.4, 0.5) is 0 Å². The molecule has 0 bridgehead atoms. The number of benzene rings is 1. The number of phenols is 1. The van der Waals surface area contributed by atoms with E-state index in [2.05, 4.69) is 5.32 Å². The maximum atomic E-state index is 11.9. The van der Waals surface area contributed by atoms with Crippen molar-refractivity contribution in [3.05, 3.63) is 29.8 Å². The molecule has 1 aliphatic heterocycles. The molecule has 2 rings (SSSR count). The van der Waals surface area contributed by atoms with Gasteiger partial charge in [0.25, 0.3) is 0 Å². The Kier molecular flexibility index (Phi) is 4.57. The molecule has 1 heterocycles. The van der Waals surface area contributed by atoms with E-state index >= 15 is 0 Å². The number of hydrogen-bond donors (Lipinski definition) is 3. The molecule has 6 heteroatoms. The van der Waals surface area contributed by atoms with Gasteiger partial charge in [-0.1, -0.05) is 12.1 Å². The molecule has 1 aromatic carbocycles. The lowest BCUT2D eigenvalue weighted by Crippen LogP contribution is -2.46. The molecule has 20 heavy (non-hydrogen) atoms. The summed E-state index contributed by atoms with van der Waals surface area (Å²) in [5.41, 5.74) is 0.725. The summed E-state index contributed by atoms with van der Waals surface area (Å²) in [4.78, 5) is 23.1. The van der Waals surface area contributed by atoms with E-state index in [1.54, 1.807) is 12.1 Å². The first-order chi connectivity index (χ1) is 9.56. The highest BCUT2D eigenvalue weighted by Gasteiger charge is 2.28. The number of carboxylic acid groups (broad SMARTS) is 1. The second-order valence-corrected chi connectivity index (χ2v) is 4.77. The molecular weight excluding hydrogens is 262 g/mol. The summed E-state index contributed by atoms with van der Waals surface area (Å²) in [6.45, 7) is 0.536. The number of hydrogen-bond acceptors (Lipinski definition) is 4. The first kappa shape index (κ1) is 14.3. The van der Waals surface area contributed by atoms with Crippen LogP contribution in [-0.2, 0) is 20.7 Å². The van der Waals surface area contributed by atoms with Gasteiger partial charge in [0.05, 0.1) is 0 Å². The highest BCUT2D eigenvalue weighted by molar-refractivity contribution is 5.86. The summed E-state index contributed by atoms with van der Waals surface area (Å²) in [5, 5.41) is 20.9. The molecular formula is C14H17NO5. The van der Waals surface area contributed by atoms with Crippen LogP contribution in [0.15, 0.2) is 24.3 Å². The summed E-state index contributed by atoms with van der Waals surface area (Å²) in [6, 6.07) is 5.22. The molecule has 0 radical (unpaired) electrons. The summed E-state index contributed by atoms with van der Waals surface area (Å²) in [6.07, 6.45) is 1.05. The van der Waals surface area contributed by atoms with Crippen molar-refractivity contribution < 1.29 is 24.5 Å². The van der Waals surface area contributed by atoms with Crippen molar-refractivity contribution in [2.75, 3.05) is 6.61 Å². The second-order valence-electron chi connectivity index (χ2n) is 4.77. The average molecular weight is 279 g/mol. The van der Waals surface area contributed by atoms with Crippen LogP contribution in [-0.4, -0.2) is 40.8 Å². The maximum Gasteiger partial charge on any atom is 0.326 e. The largest absolute Gasteiger partial charge is 0.508 e. The molecule has 0 aliphatic carbocycles. The highest BCUT2D eigenvalue weighted by atomic mass is 16.5. The van der Waals surface area contributed by atoms with Gasteiger partial charge in [-0.15, -0.1) is 0 Å². The topological polar surface area (TPSA) is 95.9 Å². The third-order valence-electron chi connectivity index (χ3n) is 3.21. The number of carbonyl (C=O) groups excluding carboxylic acids is 1. The Bertz CT molecular complexity index is 479. The van der Waals surface area contributed by atoms with E-state index in [4.69, 9.17) is 4.74 Å². The zero-order valence-electron chi connectivity index (χ0n) is 10.9. The molecule has 1 aromatic rings. The van der Waals surface area contributed by atoms with E-state index in [0.717, 1.165) is 12.0 Å². The minimum absolute atomic E-state index is 0.115. The van der Waals surface area contributed by atoms with Crippen LogP contribution in [0.3, 0.4) is 0 Å². The molecule has 0 saturated carbocycles. The molecule has 108 valence electrons. The third-order valence-corrected chi connectivity index (χ3v) is 3.21. The van der Waals surface area contributed by atoms with Gasteiger partial charge in [-0.3, -0.25) is 4.79 Å². The van der Waals surface area contributed by atoms with Crippen LogP contribution in [0.5, 0.6) is 5.75 Å². The number of phenolic OH excluding ortho intramolecular Hbond substituents is 1. The number of amides is 1. The maximum absolute atomic E-state index is 11.9. The van der Waals surface area contributed by atoms with Gasteiger partial charge >= 0.3 is 5.97 Å². The van der Waals surface area contributed by atoms with Crippen molar-refractivity contribution in [1.29, 1.82) is 0 Å². The van der Waals surface area contributed by atoms with E-state index < -0.39 is 18.1 Å². The summed E-state index contributed by atoms with van der Waals surface area (Å²) in [5.74, 6) is -1.36. The van der Waals surface area contributed by atoms with Gasteiger partial charge in [-0.05, 0) is 30.5 Å². The Morgan fingerprint density at radius 1 is 1.35 bits per heavy atom. The lowest BCUT2D eigenvalue weighted by molar-refractivity contribution is -0.143. The average Bonchev–Trinajstić information content (AvgIpc) is 2.94. The van der Waals surface area contributed by atoms with Crippen molar-refractivity contribution >= 4 is 11.9 Å². The first-order valence-corrected chi connectivity index (χ1v) is 6.49. The molecule has 1 saturated heterocycles. The molecule has 2 atom stereocenters. The standard InChI is InChI=1S/C14H17NO5/c16-10-5-3-9(4-6-10)8-11(14(18)19)15-13(17)12-2-1-7-20-12/h3-6,11-12,16H,1-2,7-8H2,(H,15,17)(H,18,19)/t11-,12+/m0/s1. The fraction of sp³-hybridized carbons (Fsp3) is 0.429. The summed E-state index contributed by atoms with van der Waals surface area (Å²) < 4.78 is 5.22. The Morgan fingerprint density at radius 3 is 2.60 bits per heavy atom. The van der Waals surface area contributed by atoms with Crippen molar-refractivity contribution in [3.63, 3.8) is 0 Å². The molecule has 3 N–H and O–H groups in total. The second kappa shape index (κ2) is 6.38. The van der Waals surface area contributed by atoms with Gasteiger partial charge < -0.3 is 20.3 Å². The van der Waals surface area contributed by atoms with E-state index in [-0.39, 0.29) is 18.1 Å². The van der Waals surface area contributed by atoms with Crippen LogP contribution in [0.1, 0.15) is 18.4 Å². The fourth-order valence-electron chi connectivity index (χ4n) is 2.12. The number of rotatable bonds is 5. The van der Waals surface area contributed by atoms with Crippen molar-refractivity contribution in [2.24, 2.45) is 0 Å². The lowest BCUT2D eigenvalue weighted by Gasteiger charge is -2.17. The Morgan fingerprint density at radius 2 is 2.05 bits per heavy atom.